The Bertz CT molecular complexity index is 547. The van der Waals surface area contributed by atoms with Crippen molar-refractivity contribution < 1.29 is 14.7 Å². The van der Waals surface area contributed by atoms with Crippen LogP contribution in [0.1, 0.15) is 47.7 Å². The molecule has 1 aliphatic rings. The molecule has 4 heteroatoms. The first-order chi connectivity index (χ1) is 9.88. The molecule has 1 unspecified atom stereocenters. The molecule has 1 saturated heterocycles. The van der Waals surface area contributed by atoms with E-state index in [-0.39, 0.29) is 5.91 Å². The second kappa shape index (κ2) is 5.88. The first kappa shape index (κ1) is 15.5. The molecule has 0 aromatic heterocycles. The molecule has 0 saturated carbocycles. The summed E-state index contributed by atoms with van der Waals surface area (Å²) in [6, 6.07) is 5.78. The average molecular weight is 289 g/mol. The minimum atomic E-state index is -0.789. The zero-order chi connectivity index (χ0) is 15.6. The summed E-state index contributed by atoms with van der Waals surface area (Å²) in [6.45, 7) is 6.77. The van der Waals surface area contributed by atoms with Crippen molar-refractivity contribution in [3.8, 4) is 0 Å². The molecular weight excluding hydrogens is 266 g/mol. The summed E-state index contributed by atoms with van der Waals surface area (Å²) in [6.07, 6.45) is 1.95. The lowest BCUT2D eigenvalue weighted by atomic mass is 9.77. The highest BCUT2D eigenvalue weighted by molar-refractivity contribution is 5.95. The van der Waals surface area contributed by atoms with Crippen LogP contribution in [0.25, 0.3) is 0 Å². The second-order valence-electron chi connectivity index (χ2n) is 6.15. The predicted octanol–water partition coefficient (Wildman–Crippen LogP) is 3.02. The van der Waals surface area contributed by atoms with Crippen molar-refractivity contribution >= 4 is 11.9 Å². The fraction of sp³-hybridized carbons (Fsp3) is 0.529. The van der Waals surface area contributed by atoms with Crippen LogP contribution < -0.4 is 0 Å². The zero-order valence-corrected chi connectivity index (χ0v) is 13.0. The number of hydrogen-bond acceptors (Lipinski definition) is 2. The third-order valence-electron chi connectivity index (χ3n) is 4.46. The lowest BCUT2D eigenvalue weighted by Crippen LogP contribution is -2.49. The number of carbonyl (C=O) groups is 2. The van der Waals surface area contributed by atoms with Crippen molar-refractivity contribution in [3.05, 3.63) is 34.9 Å². The van der Waals surface area contributed by atoms with Gasteiger partial charge in [-0.3, -0.25) is 9.59 Å². The Labute approximate surface area is 125 Å². The molecule has 1 aliphatic heterocycles. The molecule has 4 nitrogen and oxygen atoms in total. The van der Waals surface area contributed by atoms with Crippen molar-refractivity contribution in [1.82, 2.24) is 4.90 Å². The number of piperidine rings is 1. The molecule has 2 rings (SSSR count). The maximum atomic E-state index is 12.7. The fourth-order valence-electron chi connectivity index (χ4n) is 3.20. The van der Waals surface area contributed by atoms with Gasteiger partial charge in [-0.15, -0.1) is 0 Å². The second-order valence-corrected chi connectivity index (χ2v) is 6.15. The van der Waals surface area contributed by atoms with E-state index < -0.39 is 11.4 Å². The van der Waals surface area contributed by atoms with Crippen molar-refractivity contribution in [2.75, 3.05) is 13.1 Å². The van der Waals surface area contributed by atoms with Gasteiger partial charge in [0.2, 0.25) is 0 Å². The first-order valence-corrected chi connectivity index (χ1v) is 7.49. The minimum Gasteiger partial charge on any atom is -0.481 e. The van der Waals surface area contributed by atoms with Gasteiger partial charge in [0.25, 0.3) is 5.91 Å². The van der Waals surface area contributed by atoms with Crippen LogP contribution in [0.15, 0.2) is 18.2 Å². The van der Waals surface area contributed by atoms with Gasteiger partial charge < -0.3 is 10.0 Å². The van der Waals surface area contributed by atoms with Gasteiger partial charge in [0.15, 0.2) is 0 Å². The molecule has 1 aromatic rings. The highest BCUT2D eigenvalue weighted by Gasteiger charge is 2.42. The highest BCUT2D eigenvalue weighted by Crippen LogP contribution is 2.34. The predicted molar refractivity (Wildman–Crippen MR) is 81.4 cm³/mol. The summed E-state index contributed by atoms with van der Waals surface area (Å²) in [5.41, 5.74) is 1.97. The van der Waals surface area contributed by atoms with E-state index in [9.17, 15) is 14.7 Å². The number of nitrogens with zero attached hydrogens (tertiary/aromatic N) is 1. The molecule has 0 radical (unpaired) electrons. The van der Waals surface area contributed by atoms with Crippen LogP contribution in [-0.4, -0.2) is 35.0 Å². The minimum absolute atomic E-state index is 0.0550. The standard InChI is InChI=1S/C17H23NO3/c1-4-17(16(20)21)6-5-7-18(11-17)15(19)14-9-12(2)8-13(3)10-14/h8-10H,4-7,11H2,1-3H3,(H,20,21). The number of aryl methyl sites for hydroxylation is 2. The molecule has 0 bridgehead atoms. The first-order valence-electron chi connectivity index (χ1n) is 7.49. The van der Waals surface area contributed by atoms with Crippen molar-refractivity contribution in [1.29, 1.82) is 0 Å². The summed E-state index contributed by atoms with van der Waals surface area (Å²) >= 11 is 0. The summed E-state index contributed by atoms with van der Waals surface area (Å²) < 4.78 is 0. The average Bonchev–Trinajstić information content (AvgIpc) is 2.45. The summed E-state index contributed by atoms with van der Waals surface area (Å²) in [4.78, 5) is 25.9. The summed E-state index contributed by atoms with van der Waals surface area (Å²) in [7, 11) is 0. The lowest BCUT2D eigenvalue weighted by molar-refractivity contribution is -0.152. The zero-order valence-electron chi connectivity index (χ0n) is 13.0. The summed E-state index contributed by atoms with van der Waals surface area (Å²) in [5, 5.41) is 9.51. The molecule has 1 amide bonds. The number of benzene rings is 1. The van der Waals surface area contributed by atoms with Crippen LogP contribution in [0.5, 0.6) is 0 Å². The molecule has 21 heavy (non-hydrogen) atoms. The number of hydrogen-bond donors (Lipinski definition) is 1. The van der Waals surface area contributed by atoms with E-state index in [1.165, 1.54) is 0 Å². The van der Waals surface area contributed by atoms with Gasteiger partial charge in [-0.05, 0) is 45.2 Å². The Balaban J connectivity index is 2.25. The van der Waals surface area contributed by atoms with Gasteiger partial charge in [-0.2, -0.15) is 0 Å². The van der Waals surface area contributed by atoms with E-state index in [1.54, 1.807) is 4.90 Å². The van der Waals surface area contributed by atoms with E-state index in [1.807, 2.05) is 39.0 Å². The number of rotatable bonds is 3. The van der Waals surface area contributed by atoms with Crippen LogP contribution in [0.2, 0.25) is 0 Å². The Morgan fingerprint density at radius 1 is 1.24 bits per heavy atom. The monoisotopic (exact) mass is 289 g/mol. The van der Waals surface area contributed by atoms with Gasteiger partial charge in [0.05, 0.1) is 5.41 Å². The normalized spacial score (nSPS) is 22.1. The van der Waals surface area contributed by atoms with Crippen LogP contribution >= 0.6 is 0 Å². The van der Waals surface area contributed by atoms with Crippen LogP contribution in [0.4, 0.5) is 0 Å². The SMILES string of the molecule is CCC1(C(=O)O)CCCN(C(=O)c2cc(C)cc(C)c2)C1. The quantitative estimate of drug-likeness (QED) is 0.930. The Kier molecular flexibility index (Phi) is 4.35. The van der Waals surface area contributed by atoms with Crippen LogP contribution in [-0.2, 0) is 4.79 Å². The molecular formula is C17H23NO3. The Morgan fingerprint density at radius 3 is 2.38 bits per heavy atom. The number of aliphatic carboxylic acids is 1. The van der Waals surface area contributed by atoms with Gasteiger partial charge in [-0.25, -0.2) is 0 Å². The fourth-order valence-corrected chi connectivity index (χ4v) is 3.20. The molecule has 1 heterocycles. The largest absolute Gasteiger partial charge is 0.481 e. The summed E-state index contributed by atoms with van der Waals surface area (Å²) in [5.74, 6) is -0.844. The van der Waals surface area contributed by atoms with Gasteiger partial charge in [0, 0.05) is 18.7 Å². The Morgan fingerprint density at radius 2 is 1.86 bits per heavy atom. The molecule has 0 spiro atoms. The van der Waals surface area contributed by atoms with E-state index in [0.717, 1.165) is 17.5 Å². The van der Waals surface area contributed by atoms with Crippen LogP contribution in [0.3, 0.4) is 0 Å². The van der Waals surface area contributed by atoms with Crippen molar-refractivity contribution in [2.45, 2.75) is 40.0 Å². The van der Waals surface area contributed by atoms with Crippen LogP contribution in [0, 0.1) is 19.3 Å². The third kappa shape index (κ3) is 3.09. The number of carboxylic acids is 1. The van der Waals surface area contributed by atoms with Gasteiger partial charge >= 0.3 is 5.97 Å². The molecule has 1 fully saturated rings. The lowest BCUT2D eigenvalue weighted by Gasteiger charge is -2.39. The van der Waals surface area contributed by atoms with E-state index in [0.29, 0.717) is 31.5 Å². The number of amides is 1. The third-order valence-corrected chi connectivity index (χ3v) is 4.46. The molecule has 1 aromatic carbocycles. The van der Waals surface area contributed by atoms with Crippen molar-refractivity contribution in [2.24, 2.45) is 5.41 Å². The Hall–Kier alpha value is -1.84. The van der Waals surface area contributed by atoms with Crippen molar-refractivity contribution in [3.63, 3.8) is 0 Å². The van der Waals surface area contributed by atoms with E-state index >= 15 is 0 Å². The van der Waals surface area contributed by atoms with E-state index in [2.05, 4.69) is 0 Å². The van der Waals surface area contributed by atoms with E-state index in [4.69, 9.17) is 0 Å². The molecule has 0 aliphatic carbocycles. The smallest absolute Gasteiger partial charge is 0.311 e. The van der Waals surface area contributed by atoms with Gasteiger partial charge in [-0.1, -0.05) is 24.1 Å². The molecule has 1 atom stereocenters. The maximum Gasteiger partial charge on any atom is 0.311 e. The van der Waals surface area contributed by atoms with Gasteiger partial charge in [0.1, 0.15) is 0 Å². The molecule has 114 valence electrons. The number of carbonyl (C=O) groups excluding carboxylic acids is 1. The molecule has 1 N–H and O–H groups in total. The topological polar surface area (TPSA) is 57.6 Å². The number of likely N-dealkylation sites (tertiary alicyclic amines) is 1. The number of carboxylic acid groups (broad SMARTS) is 1. The maximum absolute atomic E-state index is 12.7. The highest BCUT2D eigenvalue weighted by atomic mass is 16.4.